The smallest absolute Gasteiger partial charge is 0.266 e. The number of nitrogens with zero attached hydrogens (tertiary/aromatic N) is 6. The van der Waals surface area contributed by atoms with E-state index in [1.54, 1.807) is 77.8 Å². The molecule has 0 bridgehead atoms. The number of carbonyl (C=O) groups is 2. The molecule has 2 amide bonds. The highest BCUT2D eigenvalue weighted by molar-refractivity contribution is 6.27. The second-order valence-corrected chi connectivity index (χ2v) is 11.6. The molecule has 2 saturated heterocycles. The number of rotatable bonds is 9. The summed E-state index contributed by atoms with van der Waals surface area (Å²) in [6.07, 6.45) is 2.92. The molecular formula is C35H32N6O6. The topological polar surface area (TPSA) is 130 Å². The Kier molecular flexibility index (Phi) is 8.29. The molecule has 7 rings (SSSR count). The normalized spacial score (nSPS) is 21.6. The van der Waals surface area contributed by atoms with Crippen LogP contribution in [0.15, 0.2) is 109 Å². The maximum Gasteiger partial charge on any atom is 0.266 e. The molecule has 238 valence electrons. The predicted molar refractivity (Wildman–Crippen MR) is 171 cm³/mol. The van der Waals surface area contributed by atoms with Crippen molar-refractivity contribution in [3.63, 3.8) is 0 Å². The minimum atomic E-state index is -0.853. The van der Waals surface area contributed by atoms with E-state index in [4.69, 9.17) is 19.0 Å². The largest absolute Gasteiger partial charge is 0.391 e. The van der Waals surface area contributed by atoms with Gasteiger partial charge in [0.25, 0.3) is 11.8 Å². The van der Waals surface area contributed by atoms with Gasteiger partial charge >= 0.3 is 0 Å². The maximum atomic E-state index is 13.9. The summed E-state index contributed by atoms with van der Waals surface area (Å²) in [5.74, 6) is -1.90. The third-order valence-electron chi connectivity index (χ3n) is 7.96. The molecule has 2 fully saturated rings. The molecular weight excluding hydrogens is 600 g/mol. The first-order chi connectivity index (χ1) is 22.9. The van der Waals surface area contributed by atoms with Crippen LogP contribution in [-0.2, 0) is 25.7 Å². The van der Waals surface area contributed by atoms with Crippen LogP contribution < -0.4 is 4.90 Å². The number of carbonyl (C=O) groups excluding carboxylic acids is 2. The van der Waals surface area contributed by atoms with Gasteiger partial charge in [-0.1, -0.05) is 71.9 Å². The Bertz CT molecular complexity index is 1850. The van der Waals surface area contributed by atoms with Crippen LogP contribution >= 0.6 is 0 Å². The molecule has 2 aliphatic heterocycles. The van der Waals surface area contributed by atoms with Gasteiger partial charge in [-0.15, -0.1) is 0 Å². The third kappa shape index (κ3) is 6.13. The van der Waals surface area contributed by atoms with Crippen molar-refractivity contribution in [2.45, 2.75) is 57.2 Å². The molecule has 0 spiro atoms. The molecule has 0 saturated carbocycles. The summed E-state index contributed by atoms with van der Waals surface area (Å²) in [5.41, 5.74) is 2.26. The Morgan fingerprint density at radius 1 is 0.872 bits per heavy atom. The van der Waals surface area contributed by atoms with E-state index >= 15 is 0 Å². The molecule has 12 nitrogen and oxygen atoms in total. The minimum Gasteiger partial charge on any atom is -0.391 e. The molecule has 2 aromatic heterocycles. The Balaban J connectivity index is 1.19. The Labute approximate surface area is 270 Å². The number of fused-ring (bicyclic) bond motifs is 2. The van der Waals surface area contributed by atoms with Gasteiger partial charge in [-0.25, -0.2) is 19.9 Å². The predicted octanol–water partition coefficient (Wildman–Crippen LogP) is 5.32. The molecule has 2 aliphatic rings. The van der Waals surface area contributed by atoms with E-state index in [0.29, 0.717) is 29.8 Å². The van der Waals surface area contributed by atoms with Crippen LogP contribution in [-0.4, -0.2) is 61.6 Å². The molecule has 4 atom stereocenters. The zero-order chi connectivity index (χ0) is 32.4. The van der Waals surface area contributed by atoms with Gasteiger partial charge in [-0.3, -0.25) is 14.2 Å². The van der Waals surface area contributed by atoms with E-state index < -0.39 is 42.1 Å². The highest BCUT2D eigenvalue weighted by Gasteiger charge is 2.56. The van der Waals surface area contributed by atoms with Gasteiger partial charge in [0.1, 0.15) is 25.1 Å². The lowest BCUT2D eigenvalue weighted by Gasteiger charge is -2.24. The Morgan fingerprint density at radius 3 is 2.15 bits per heavy atom. The summed E-state index contributed by atoms with van der Waals surface area (Å²) < 4.78 is 20.8. The molecule has 12 heteroatoms. The van der Waals surface area contributed by atoms with E-state index in [2.05, 4.69) is 20.1 Å². The molecule has 4 heterocycles. The molecule has 0 unspecified atom stereocenters. The lowest BCUT2D eigenvalue weighted by molar-refractivity contribution is -0.195. The number of amides is 2. The zero-order valence-corrected chi connectivity index (χ0v) is 25.7. The lowest BCUT2D eigenvalue weighted by Crippen LogP contribution is -2.38. The van der Waals surface area contributed by atoms with Crippen LogP contribution in [0.3, 0.4) is 0 Å². The fourth-order valence-corrected chi connectivity index (χ4v) is 5.85. The molecule has 0 N–H and O–H groups in total. The van der Waals surface area contributed by atoms with Crippen molar-refractivity contribution in [1.82, 2.24) is 19.5 Å². The fourth-order valence-electron chi connectivity index (χ4n) is 5.85. The van der Waals surface area contributed by atoms with Crippen LogP contribution in [0.25, 0.3) is 11.2 Å². The second-order valence-electron chi connectivity index (χ2n) is 11.6. The SMILES string of the molecule is CC1(C)O[C@@H]2[C@H](O1)[C@@H](CC=NOCc1ccccc1)O[C@H]2n1cnc2c(N(C(=O)c3ccccc3)C(=O)c3ccccc3)ncnc21. The summed E-state index contributed by atoms with van der Waals surface area (Å²) in [6, 6.07) is 26.9. The average Bonchev–Trinajstić information content (AvgIpc) is 3.77. The van der Waals surface area contributed by atoms with Crippen LogP contribution in [0, 0.1) is 0 Å². The van der Waals surface area contributed by atoms with E-state index in [1.165, 1.54) is 6.33 Å². The van der Waals surface area contributed by atoms with Crippen molar-refractivity contribution in [2.75, 3.05) is 4.90 Å². The van der Waals surface area contributed by atoms with E-state index in [0.717, 1.165) is 10.5 Å². The zero-order valence-electron chi connectivity index (χ0n) is 25.7. The maximum absolute atomic E-state index is 13.9. The molecule has 47 heavy (non-hydrogen) atoms. The van der Waals surface area contributed by atoms with Gasteiger partial charge in [0.2, 0.25) is 0 Å². The fraction of sp³-hybridized carbons (Fsp3) is 0.257. The number of imidazole rings is 1. The number of anilines is 1. The minimum absolute atomic E-state index is 0.0502. The summed E-state index contributed by atoms with van der Waals surface area (Å²) in [7, 11) is 0. The molecule has 0 radical (unpaired) electrons. The second kappa shape index (κ2) is 12.8. The first-order valence-electron chi connectivity index (χ1n) is 15.2. The monoisotopic (exact) mass is 632 g/mol. The number of imide groups is 1. The lowest BCUT2D eigenvalue weighted by atomic mass is 10.1. The summed E-state index contributed by atoms with van der Waals surface area (Å²) >= 11 is 0. The first kappa shape index (κ1) is 30.4. The molecule has 0 aliphatic carbocycles. The Hall–Kier alpha value is -5.30. The average molecular weight is 633 g/mol. The number of hydrogen-bond acceptors (Lipinski definition) is 10. The molecule has 5 aromatic rings. The summed E-state index contributed by atoms with van der Waals surface area (Å²) in [4.78, 5) is 47.8. The van der Waals surface area contributed by atoms with Crippen molar-refractivity contribution in [3.8, 4) is 0 Å². The van der Waals surface area contributed by atoms with E-state index in [-0.39, 0.29) is 11.3 Å². The highest BCUT2D eigenvalue weighted by Crippen LogP contribution is 2.44. The molecule has 3 aromatic carbocycles. The quantitative estimate of drug-likeness (QED) is 0.120. The standard InChI is InChI=1S/C35H32N6O6/c1-35(2)46-28-26(18-19-39-44-20-23-12-6-3-7-13-23)45-34(29(28)47-35)40-22-38-27-30(40)36-21-37-31(27)41(32(42)24-14-8-4-9-15-24)33(43)25-16-10-5-11-17-25/h3-17,19,21-22,26,28-29,34H,18,20H2,1-2H3/t26-,28-,29-,34-/m1/s1. The Morgan fingerprint density at radius 2 is 1.49 bits per heavy atom. The number of aromatic nitrogens is 4. The van der Waals surface area contributed by atoms with Crippen molar-refractivity contribution in [1.29, 1.82) is 0 Å². The number of oxime groups is 1. The first-order valence-corrected chi connectivity index (χ1v) is 15.2. The number of ether oxygens (including phenoxy) is 3. The van der Waals surface area contributed by atoms with Crippen molar-refractivity contribution < 1.29 is 28.6 Å². The summed E-state index contributed by atoms with van der Waals surface area (Å²) in [6.45, 7) is 4.06. The van der Waals surface area contributed by atoms with Crippen LogP contribution in [0.1, 0.15) is 52.8 Å². The summed E-state index contributed by atoms with van der Waals surface area (Å²) in [5, 5.41) is 4.12. The van der Waals surface area contributed by atoms with Crippen LogP contribution in [0.2, 0.25) is 0 Å². The van der Waals surface area contributed by atoms with Crippen molar-refractivity contribution in [2.24, 2.45) is 5.16 Å². The van der Waals surface area contributed by atoms with E-state index in [9.17, 15) is 9.59 Å². The van der Waals surface area contributed by atoms with Gasteiger partial charge in [-0.05, 0) is 43.7 Å². The van der Waals surface area contributed by atoms with Crippen molar-refractivity contribution >= 4 is 35.0 Å². The van der Waals surface area contributed by atoms with Gasteiger partial charge in [0, 0.05) is 23.8 Å². The highest BCUT2D eigenvalue weighted by atomic mass is 16.8. The van der Waals surface area contributed by atoms with Gasteiger partial charge in [0.15, 0.2) is 29.0 Å². The van der Waals surface area contributed by atoms with E-state index in [1.807, 2.05) is 44.2 Å². The number of benzene rings is 3. The number of hydrogen-bond donors (Lipinski definition) is 0. The van der Waals surface area contributed by atoms with Gasteiger partial charge < -0.3 is 19.0 Å². The third-order valence-corrected chi connectivity index (χ3v) is 7.96. The van der Waals surface area contributed by atoms with Crippen molar-refractivity contribution in [3.05, 3.63) is 120 Å². The van der Waals surface area contributed by atoms with Gasteiger partial charge in [-0.2, -0.15) is 0 Å². The van der Waals surface area contributed by atoms with Crippen LogP contribution in [0.5, 0.6) is 0 Å². The van der Waals surface area contributed by atoms with Gasteiger partial charge in [0.05, 0.1) is 12.4 Å². The van der Waals surface area contributed by atoms with Crippen LogP contribution in [0.4, 0.5) is 5.82 Å².